The van der Waals surface area contributed by atoms with Crippen molar-refractivity contribution in [3.05, 3.63) is 0 Å². The van der Waals surface area contributed by atoms with Gasteiger partial charge in [-0.15, -0.1) is 0 Å². The van der Waals surface area contributed by atoms with Crippen LogP contribution < -0.4 is 0 Å². The van der Waals surface area contributed by atoms with E-state index in [1.54, 1.807) is 0 Å². The Labute approximate surface area is 90.5 Å². The van der Waals surface area contributed by atoms with Gasteiger partial charge in [0, 0.05) is 21.4 Å². The molecule has 0 aromatic rings. The molecule has 0 spiro atoms. The molecule has 82 valence electrons. The molecule has 0 amide bonds. The minimum atomic E-state index is -3.72. The standard InChI is InChI=1S/C8H18.Cl2O2S/c1-3-5-7-8-6-4-2;1-5(2,3)4/h3-8H2,1-2H3;. The van der Waals surface area contributed by atoms with Crippen LogP contribution in [-0.4, -0.2) is 8.42 Å². The fourth-order valence-electron chi connectivity index (χ4n) is 0.854. The van der Waals surface area contributed by atoms with Gasteiger partial charge in [-0.05, 0) is 0 Å². The topological polar surface area (TPSA) is 34.1 Å². The molecule has 0 aromatic carbocycles. The number of unbranched alkanes of at least 4 members (excludes halogenated alkanes) is 5. The van der Waals surface area contributed by atoms with E-state index in [4.69, 9.17) is 8.42 Å². The zero-order chi connectivity index (χ0) is 10.7. The van der Waals surface area contributed by atoms with Gasteiger partial charge in [0.15, 0.2) is 0 Å². The molecule has 0 heterocycles. The minimum Gasteiger partial charge on any atom is -0.195 e. The summed E-state index contributed by atoms with van der Waals surface area (Å²) in [6.07, 6.45) is 8.49. The number of halogens is 2. The van der Waals surface area contributed by atoms with Crippen molar-refractivity contribution in [2.24, 2.45) is 0 Å². The third-order valence-corrected chi connectivity index (χ3v) is 1.46. The molecule has 2 nitrogen and oxygen atoms in total. The maximum atomic E-state index is 9.16. The van der Waals surface area contributed by atoms with E-state index in [1.165, 1.54) is 38.5 Å². The summed E-state index contributed by atoms with van der Waals surface area (Å²) in [6.45, 7) is 4.51. The van der Waals surface area contributed by atoms with Gasteiger partial charge in [0.05, 0.1) is 0 Å². The van der Waals surface area contributed by atoms with E-state index in [1.807, 2.05) is 0 Å². The van der Waals surface area contributed by atoms with Crippen LogP contribution in [0.15, 0.2) is 0 Å². The first-order chi connectivity index (χ1) is 5.91. The first-order valence-corrected chi connectivity index (χ1v) is 7.69. The third kappa shape index (κ3) is 45.4. The van der Waals surface area contributed by atoms with E-state index in [0.29, 0.717) is 0 Å². The highest BCUT2D eigenvalue weighted by atomic mass is 36.0. The molecule has 0 radical (unpaired) electrons. The van der Waals surface area contributed by atoms with Crippen LogP contribution in [0.25, 0.3) is 0 Å². The highest BCUT2D eigenvalue weighted by molar-refractivity contribution is 8.31. The Bertz CT molecular complexity index is 165. The predicted octanol–water partition coefficient (Wildman–Crippen LogP) is 4.08. The van der Waals surface area contributed by atoms with Crippen LogP contribution in [0.1, 0.15) is 52.4 Å². The summed E-state index contributed by atoms with van der Waals surface area (Å²) < 4.78 is 18.3. The summed E-state index contributed by atoms with van der Waals surface area (Å²) in [4.78, 5) is 0. The SMILES string of the molecule is CCCCCCCC.O=S(=O)(Cl)Cl. The second-order valence-corrected chi connectivity index (χ2v) is 6.46. The molecule has 0 aliphatic rings. The molecule has 0 aliphatic heterocycles. The van der Waals surface area contributed by atoms with Gasteiger partial charge >= 0.3 is 8.26 Å². The van der Waals surface area contributed by atoms with Crippen LogP contribution in [0.2, 0.25) is 0 Å². The van der Waals surface area contributed by atoms with Crippen molar-refractivity contribution >= 4 is 29.6 Å². The van der Waals surface area contributed by atoms with Crippen molar-refractivity contribution in [3.63, 3.8) is 0 Å². The van der Waals surface area contributed by atoms with Crippen LogP contribution in [0, 0.1) is 0 Å². The lowest BCUT2D eigenvalue weighted by Gasteiger charge is -1.93. The molecule has 0 saturated heterocycles. The molecular formula is C8H18Cl2O2S. The molecule has 0 saturated carbocycles. The van der Waals surface area contributed by atoms with Gasteiger partial charge in [0.2, 0.25) is 0 Å². The van der Waals surface area contributed by atoms with Gasteiger partial charge in [0.25, 0.3) is 0 Å². The summed E-state index contributed by atoms with van der Waals surface area (Å²) >= 11 is 0. The Morgan fingerprint density at radius 3 is 1.23 bits per heavy atom. The van der Waals surface area contributed by atoms with Crippen LogP contribution in [0.3, 0.4) is 0 Å². The van der Waals surface area contributed by atoms with E-state index in [0.717, 1.165) is 0 Å². The fourth-order valence-corrected chi connectivity index (χ4v) is 0.854. The smallest absolute Gasteiger partial charge is 0.195 e. The highest BCUT2D eigenvalue weighted by Gasteiger charge is 1.88. The Kier molecular flexibility index (Phi) is 13.0. The first kappa shape index (κ1) is 16.0. The molecule has 0 aliphatic carbocycles. The maximum Gasteiger partial charge on any atom is 0.317 e. The molecule has 0 fully saturated rings. The largest absolute Gasteiger partial charge is 0.317 e. The summed E-state index contributed by atoms with van der Waals surface area (Å²) in [5.41, 5.74) is 0. The molecule has 0 atom stereocenters. The van der Waals surface area contributed by atoms with Crippen molar-refractivity contribution in [1.29, 1.82) is 0 Å². The number of hydrogen-bond donors (Lipinski definition) is 0. The highest BCUT2D eigenvalue weighted by Crippen LogP contribution is 2.03. The van der Waals surface area contributed by atoms with E-state index < -0.39 is 8.26 Å². The Hall–Kier alpha value is 0.530. The fraction of sp³-hybridized carbons (Fsp3) is 1.00. The third-order valence-electron chi connectivity index (χ3n) is 1.46. The van der Waals surface area contributed by atoms with E-state index in [2.05, 4.69) is 35.2 Å². The van der Waals surface area contributed by atoms with E-state index >= 15 is 0 Å². The zero-order valence-electron chi connectivity index (χ0n) is 8.22. The van der Waals surface area contributed by atoms with Crippen molar-refractivity contribution < 1.29 is 8.42 Å². The number of rotatable bonds is 5. The Morgan fingerprint density at radius 1 is 0.846 bits per heavy atom. The molecule has 0 rings (SSSR count). The van der Waals surface area contributed by atoms with Crippen LogP contribution in [-0.2, 0) is 8.26 Å². The van der Waals surface area contributed by atoms with Crippen LogP contribution in [0.4, 0.5) is 0 Å². The van der Waals surface area contributed by atoms with Gasteiger partial charge < -0.3 is 0 Å². The summed E-state index contributed by atoms with van der Waals surface area (Å²) in [5.74, 6) is 0. The monoisotopic (exact) mass is 248 g/mol. The normalized spacial score (nSPS) is 10.5. The molecule has 0 aromatic heterocycles. The van der Waals surface area contributed by atoms with Gasteiger partial charge in [-0.3, -0.25) is 0 Å². The van der Waals surface area contributed by atoms with Gasteiger partial charge in [-0.2, -0.15) is 8.42 Å². The van der Waals surface area contributed by atoms with E-state index in [9.17, 15) is 0 Å². The van der Waals surface area contributed by atoms with Gasteiger partial charge in [-0.1, -0.05) is 52.4 Å². The average molecular weight is 249 g/mol. The number of hydrogen-bond acceptors (Lipinski definition) is 2. The van der Waals surface area contributed by atoms with Gasteiger partial charge in [0.1, 0.15) is 0 Å². The van der Waals surface area contributed by atoms with Crippen LogP contribution in [0.5, 0.6) is 0 Å². The molecule has 13 heavy (non-hydrogen) atoms. The molecular weight excluding hydrogens is 231 g/mol. The molecule has 0 bridgehead atoms. The minimum absolute atomic E-state index is 1.36. The predicted molar refractivity (Wildman–Crippen MR) is 59.7 cm³/mol. The zero-order valence-corrected chi connectivity index (χ0v) is 10.6. The Morgan fingerprint density at radius 2 is 1.08 bits per heavy atom. The lowest BCUT2D eigenvalue weighted by atomic mass is 10.1. The van der Waals surface area contributed by atoms with Crippen LogP contribution >= 0.6 is 21.4 Å². The summed E-state index contributed by atoms with van der Waals surface area (Å²) in [7, 11) is 4.81. The van der Waals surface area contributed by atoms with Crippen molar-refractivity contribution in [1.82, 2.24) is 0 Å². The summed E-state index contributed by atoms with van der Waals surface area (Å²) in [6, 6.07) is 0. The van der Waals surface area contributed by atoms with E-state index in [-0.39, 0.29) is 0 Å². The second-order valence-electron chi connectivity index (χ2n) is 2.79. The second kappa shape index (κ2) is 10.6. The first-order valence-electron chi connectivity index (χ1n) is 4.56. The van der Waals surface area contributed by atoms with Crippen molar-refractivity contribution in [3.8, 4) is 0 Å². The quantitative estimate of drug-likeness (QED) is 0.543. The lowest BCUT2D eigenvalue weighted by Crippen LogP contribution is -1.73. The van der Waals surface area contributed by atoms with Gasteiger partial charge in [-0.25, -0.2) is 0 Å². The maximum absolute atomic E-state index is 9.16. The van der Waals surface area contributed by atoms with Crippen molar-refractivity contribution in [2.75, 3.05) is 0 Å². The lowest BCUT2D eigenvalue weighted by molar-refractivity contribution is 0.621. The molecule has 0 N–H and O–H groups in total. The average Bonchev–Trinajstić information content (AvgIpc) is 1.95. The summed E-state index contributed by atoms with van der Waals surface area (Å²) in [5, 5.41) is 0. The Balaban J connectivity index is 0. The molecule has 5 heteroatoms. The molecule has 0 unspecified atom stereocenters. The van der Waals surface area contributed by atoms with Crippen molar-refractivity contribution in [2.45, 2.75) is 52.4 Å².